The van der Waals surface area contributed by atoms with Crippen LogP contribution >= 0.6 is 11.8 Å². The molecule has 1 aliphatic rings. The number of benzene rings is 2. The third-order valence-corrected chi connectivity index (χ3v) is 7.94. The van der Waals surface area contributed by atoms with Crippen molar-refractivity contribution in [1.82, 2.24) is 29.4 Å². The summed E-state index contributed by atoms with van der Waals surface area (Å²) in [5.41, 5.74) is 0.732. The molecule has 0 aliphatic carbocycles. The summed E-state index contributed by atoms with van der Waals surface area (Å²) in [7, 11) is -2.15. The molecule has 174 valence electrons. The van der Waals surface area contributed by atoms with Crippen molar-refractivity contribution in [2.24, 2.45) is 0 Å². The first kappa shape index (κ1) is 23.1. The number of rotatable bonds is 7. The number of hydrogen-bond acceptors (Lipinski definition) is 8. The highest BCUT2D eigenvalue weighted by Crippen LogP contribution is 2.22. The predicted molar refractivity (Wildman–Crippen MR) is 118 cm³/mol. The van der Waals surface area contributed by atoms with E-state index in [1.165, 1.54) is 32.9 Å². The number of ether oxygens (including phenoxy) is 1. The number of carbonyl (C=O) groups is 1. The molecule has 1 aromatic heterocycles. The molecule has 33 heavy (non-hydrogen) atoms. The molecule has 0 saturated carbocycles. The van der Waals surface area contributed by atoms with Gasteiger partial charge in [-0.05, 0) is 59.0 Å². The lowest BCUT2D eigenvalue weighted by atomic mass is 10.3. The molecule has 10 nitrogen and oxygen atoms in total. The molecule has 1 amide bonds. The first-order valence-corrected chi connectivity index (χ1v) is 12.4. The van der Waals surface area contributed by atoms with Gasteiger partial charge in [0, 0.05) is 26.2 Å². The second-order valence-corrected chi connectivity index (χ2v) is 9.98. The maximum absolute atomic E-state index is 13.1. The molecule has 3 aromatic rings. The van der Waals surface area contributed by atoms with Gasteiger partial charge >= 0.3 is 0 Å². The van der Waals surface area contributed by atoms with Crippen molar-refractivity contribution in [1.29, 1.82) is 0 Å². The number of aromatic nitrogens is 4. The number of sulfonamides is 1. The van der Waals surface area contributed by atoms with Crippen LogP contribution < -0.4 is 4.74 Å². The molecule has 0 unspecified atom stereocenters. The molecule has 0 N–H and O–H groups in total. The van der Waals surface area contributed by atoms with Gasteiger partial charge in [0.25, 0.3) is 0 Å². The molecule has 0 bridgehead atoms. The molecule has 2 aromatic carbocycles. The Morgan fingerprint density at radius 1 is 1.06 bits per heavy atom. The maximum Gasteiger partial charge on any atom is 0.243 e. The number of nitrogens with zero attached hydrogens (tertiary/aromatic N) is 6. The number of methoxy groups -OCH3 is 1. The number of tetrazole rings is 1. The fourth-order valence-corrected chi connectivity index (χ4v) is 5.52. The van der Waals surface area contributed by atoms with Gasteiger partial charge in [-0.2, -0.15) is 8.99 Å². The minimum absolute atomic E-state index is 0.0320. The molecular weight excluding hydrogens is 471 g/mol. The quantitative estimate of drug-likeness (QED) is 0.456. The third kappa shape index (κ3) is 5.15. The van der Waals surface area contributed by atoms with Crippen molar-refractivity contribution in [3.05, 3.63) is 54.3 Å². The minimum Gasteiger partial charge on any atom is -0.497 e. The molecule has 1 aliphatic heterocycles. The van der Waals surface area contributed by atoms with Gasteiger partial charge in [0.05, 0.1) is 23.4 Å². The van der Waals surface area contributed by atoms with E-state index in [0.29, 0.717) is 10.9 Å². The Labute approximate surface area is 194 Å². The highest BCUT2D eigenvalue weighted by atomic mass is 32.2. The lowest BCUT2D eigenvalue weighted by Crippen LogP contribution is -2.50. The van der Waals surface area contributed by atoms with Gasteiger partial charge in [-0.1, -0.05) is 11.8 Å². The smallest absolute Gasteiger partial charge is 0.243 e. The zero-order chi connectivity index (χ0) is 23.4. The normalized spacial score (nSPS) is 14.9. The van der Waals surface area contributed by atoms with E-state index in [-0.39, 0.29) is 42.7 Å². The van der Waals surface area contributed by atoms with E-state index in [1.807, 2.05) is 12.1 Å². The number of amides is 1. The van der Waals surface area contributed by atoms with E-state index >= 15 is 0 Å². The number of carbonyl (C=O) groups excluding carboxylic acids is 1. The zero-order valence-electron chi connectivity index (χ0n) is 17.7. The van der Waals surface area contributed by atoms with Gasteiger partial charge in [-0.3, -0.25) is 4.79 Å². The number of halogens is 1. The van der Waals surface area contributed by atoms with E-state index < -0.39 is 15.8 Å². The van der Waals surface area contributed by atoms with E-state index in [1.54, 1.807) is 24.1 Å². The summed E-state index contributed by atoms with van der Waals surface area (Å²) in [6.07, 6.45) is 0. The maximum atomic E-state index is 13.1. The van der Waals surface area contributed by atoms with Crippen molar-refractivity contribution < 1.29 is 22.3 Å². The van der Waals surface area contributed by atoms with E-state index in [2.05, 4.69) is 15.5 Å². The Balaban J connectivity index is 1.33. The fourth-order valence-electron chi connectivity index (χ4n) is 3.31. The fraction of sp³-hybridized carbons (Fsp3) is 0.300. The summed E-state index contributed by atoms with van der Waals surface area (Å²) in [5.74, 6) is 0.182. The largest absolute Gasteiger partial charge is 0.497 e. The van der Waals surface area contributed by atoms with Crippen molar-refractivity contribution in [2.75, 3.05) is 39.0 Å². The van der Waals surface area contributed by atoms with Crippen LogP contribution in [0.4, 0.5) is 4.39 Å². The summed E-state index contributed by atoms with van der Waals surface area (Å²) in [4.78, 5) is 14.3. The Kier molecular flexibility index (Phi) is 6.91. The summed E-state index contributed by atoms with van der Waals surface area (Å²) >= 11 is 1.20. The zero-order valence-corrected chi connectivity index (χ0v) is 19.3. The van der Waals surface area contributed by atoms with Crippen LogP contribution in [0.25, 0.3) is 5.69 Å². The van der Waals surface area contributed by atoms with Gasteiger partial charge < -0.3 is 9.64 Å². The Morgan fingerprint density at radius 3 is 2.36 bits per heavy atom. The van der Waals surface area contributed by atoms with Crippen LogP contribution in [0.2, 0.25) is 0 Å². The number of hydrogen-bond donors (Lipinski definition) is 0. The molecule has 4 rings (SSSR count). The highest BCUT2D eigenvalue weighted by molar-refractivity contribution is 7.99. The van der Waals surface area contributed by atoms with Crippen LogP contribution in [-0.2, 0) is 14.8 Å². The third-order valence-electron chi connectivity index (χ3n) is 5.13. The summed E-state index contributed by atoms with van der Waals surface area (Å²) < 4.78 is 46.6. The molecule has 1 saturated heterocycles. The van der Waals surface area contributed by atoms with Crippen LogP contribution in [0.15, 0.2) is 58.6 Å². The van der Waals surface area contributed by atoms with Crippen LogP contribution in [0.5, 0.6) is 5.75 Å². The van der Waals surface area contributed by atoms with E-state index in [9.17, 15) is 17.6 Å². The van der Waals surface area contributed by atoms with Crippen LogP contribution in [-0.4, -0.2) is 82.8 Å². The molecule has 13 heteroatoms. The van der Waals surface area contributed by atoms with Crippen molar-refractivity contribution in [3.8, 4) is 11.4 Å². The Bertz CT molecular complexity index is 1210. The van der Waals surface area contributed by atoms with Crippen LogP contribution in [0, 0.1) is 5.82 Å². The van der Waals surface area contributed by atoms with Crippen molar-refractivity contribution in [2.45, 2.75) is 10.1 Å². The first-order chi connectivity index (χ1) is 15.9. The van der Waals surface area contributed by atoms with Gasteiger partial charge in [0.1, 0.15) is 11.6 Å². The lowest BCUT2D eigenvalue weighted by molar-refractivity contribution is -0.129. The standard InChI is InChI=1S/C20H21FN6O4S2/c1-31-17-6-4-16(5-7-17)27-20(22-23-24-27)32-14-19(28)25-10-12-26(13-11-25)33(29,30)18-8-2-15(21)3-9-18/h2-9H,10-14H2,1H3. The molecule has 0 radical (unpaired) electrons. The monoisotopic (exact) mass is 492 g/mol. The second kappa shape index (κ2) is 9.85. The van der Waals surface area contributed by atoms with Crippen LogP contribution in [0.3, 0.4) is 0 Å². The van der Waals surface area contributed by atoms with Crippen molar-refractivity contribution >= 4 is 27.7 Å². The number of thioether (sulfide) groups is 1. The second-order valence-electron chi connectivity index (χ2n) is 7.10. The predicted octanol–water partition coefficient (Wildman–Crippen LogP) is 1.44. The summed E-state index contributed by atoms with van der Waals surface area (Å²) in [5, 5.41) is 12.1. The highest BCUT2D eigenvalue weighted by Gasteiger charge is 2.30. The van der Waals surface area contributed by atoms with Crippen molar-refractivity contribution in [3.63, 3.8) is 0 Å². The molecule has 0 spiro atoms. The average Bonchev–Trinajstić information content (AvgIpc) is 3.31. The topological polar surface area (TPSA) is 111 Å². The molecule has 1 fully saturated rings. The molecular formula is C20H21FN6O4S2. The number of piperazine rings is 1. The van der Waals surface area contributed by atoms with E-state index in [0.717, 1.165) is 17.8 Å². The average molecular weight is 493 g/mol. The van der Waals surface area contributed by atoms with Gasteiger partial charge in [0.15, 0.2) is 0 Å². The summed E-state index contributed by atoms with van der Waals surface area (Å²) in [6, 6.07) is 11.9. The van der Waals surface area contributed by atoms with Gasteiger partial charge in [0.2, 0.25) is 21.1 Å². The molecule has 0 atom stereocenters. The van der Waals surface area contributed by atoms with Gasteiger partial charge in [-0.15, -0.1) is 5.10 Å². The first-order valence-electron chi connectivity index (χ1n) is 9.97. The Hall–Kier alpha value is -3.03. The van der Waals surface area contributed by atoms with Gasteiger partial charge in [-0.25, -0.2) is 12.8 Å². The minimum atomic E-state index is -3.73. The van der Waals surface area contributed by atoms with Crippen LogP contribution in [0.1, 0.15) is 0 Å². The lowest BCUT2D eigenvalue weighted by Gasteiger charge is -2.34. The van der Waals surface area contributed by atoms with E-state index in [4.69, 9.17) is 4.74 Å². The SMILES string of the molecule is COc1ccc(-n2nnnc2SCC(=O)N2CCN(S(=O)(=O)c3ccc(F)cc3)CC2)cc1. The molecule has 2 heterocycles. The Morgan fingerprint density at radius 2 is 1.73 bits per heavy atom. The summed E-state index contributed by atoms with van der Waals surface area (Å²) in [6.45, 7) is 0.867.